The molecule has 98 valence electrons. The summed E-state index contributed by atoms with van der Waals surface area (Å²) < 4.78 is 4.86. The molecule has 6 nitrogen and oxygen atoms in total. The van der Waals surface area contributed by atoms with Crippen LogP contribution in [0.25, 0.3) is 0 Å². The van der Waals surface area contributed by atoms with E-state index in [-0.39, 0.29) is 17.8 Å². The van der Waals surface area contributed by atoms with Crippen LogP contribution in [0.15, 0.2) is 28.8 Å². The van der Waals surface area contributed by atoms with Gasteiger partial charge in [0.1, 0.15) is 0 Å². The summed E-state index contributed by atoms with van der Waals surface area (Å²) in [7, 11) is 0. The molecule has 0 saturated carbocycles. The normalized spacial score (nSPS) is 16.8. The number of aromatic nitrogens is 2. The fraction of sp³-hybridized carbons (Fsp3) is 0.308. The Kier molecular flexibility index (Phi) is 2.91. The van der Waals surface area contributed by atoms with E-state index < -0.39 is 0 Å². The number of benzene rings is 1. The largest absolute Gasteiger partial charge is 0.384 e. The molecule has 0 spiro atoms. The molecule has 6 heteroatoms. The number of hydrogen-bond donors (Lipinski definition) is 2. The van der Waals surface area contributed by atoms with Gasteiger partial charge in [-0.15, -0.1) is 0 Å². The lowest BCUT2D eigenvalue weighted by molar-refractivity contribution is -0.116. The molecule has 1 aliphatic heterocycles. The minimum absolute atomic E-state index is 0.118. The van der Waals surface area contributed by atoms with Crippen molar-refractivity contribution in [2.75, 3.05) is 17.2 Å². The van der Waals surface area contributed by atoms with Crippen LogP contribution < -0.4 is 10.6 Å². The van der Waals surface area contributed by atoms with Crippen LogP contribution in [0.1, 0.15) is 23.7 Å². The van der Waals surface area contributed by atoms with E-state index >= 15 is 0 Å². The quantitative estimate of drug-likeness (QED) is 0.879. The fourth-order valence-corrected chi connectivity index (χ4v) is 2.28. The Morgan fingerprint density at radius 2 is 2.37 bits per heavy atom. The maximum atomic E-state index is 11.9. The first-order valence-corrected chi connectivity index (χ1v) is 6.15. The lowest BCUT2D eigenvalue weighted by Crippen LogP contribution is -2.16. The summed E-state index contributed by atoms with van der Waals surface area (Å²) in [6, 6.07) is 8.19. The zero-order chi connectivity index (χ0) is 13.2. The molecule has 0 bridgehead atoms. The molecule has 0 fully saturated rings. The van der Waals surface area contributed by atoms with E-state index in [4.69, 9.17) is 4.52 Å². The number of rotatable bonds is 3. The maximum Gasteiger partial charge on any atom is 0.328 e. The van der Waals surface area contributed by atoms with E-state index in [9.17, 15) is 4.79 Å². The summed E-state index contributed by atoms with van der Waals surface area (Å²) in [5.74, 6) is 0.565. The van der Waals surface area contributed by atoms with Gasteiger partial charge in [0.2, 0.25) is 5.91 Å². The van der Waals surface area contributed by atoms with Gasteiger partial charge in [0.25, 0.3) is 0 Å². The highest BCUT2D eigenvalue weighted by Crippen LogP contribution is 2.33. The highest BCUT2D eigenvalue weighted by Gasteiger charge is 2.24. The Balaban J connectivity index is 1.65. The molecule has 0 saturated heterocycles. The second kappa shape index (κ2) is 4.72. The Labute approximate surface area is 110 Å². The van der Waals surface area contributed by atoms with E-state index in [2.05, 4.69) is 20.8 Å². The first-order valence-electron chi connectivity index (χ1n) is 6.15. The Morgan fingerprint density at radius 1 is 1.53 bits per heavy atom. The van der Waals surface area contributed by atoms with Crippen molar-refractivity contribution in [2.45, 2.75) is 19.3 Å². The Morgan fingerprint density at radius 3 is 3.16 bits per heavy atom. The molecule has 0 aliphatic carbocycles. The lowest BCUT2D eigenvalue weighted by atomic mass is 9.98. The van der Waals surface area contributed by atoms with Gasteiger partial charge in [0, 0.05) is 24.6 Å². The van der Waals surface area contributed by atoms with E-state index in [1.54, 1.807) is 6.92 Å². The van der Waals surface area contributed by atoms with Crippen molar-refractivity contribution in [2.24, 2.45) is 0 Å². The number of carbonyl (C=O) groups is 1. The van der Waals surface area contributed by atoms with Crippen LogP contribution in [0, 0.1) is 6.92 Å². The minimum atomic E-state index is -0.118. The van der Waals surface area contributed by atoms with Crippen LogP contribution in [0.2, 0.25) is 0 Å². The molecule has 2 N–H and O–H groups in total. The van der Waals surface area contributed by atoms with Gasteiger partial charge in [-0.3, -0.25) is 10.1 Å². The van der Waals surface area contributed by atoms with Crippen molar-refractivity contribution in [3.05, 3.63) is 35.7 Å². The second-order valence-electron chi connectivity index (χ2n) is 4.56. The molecular formula is C13H14N4O2. The summed E-state index contributed by atoms with van der Waals surface area (Å²) in [6.45, 7) is 2.48. The molecule has 2 heterocycles. The summed E-state index contributed by atoms with van der Waals surface area (Å²) in [5.41, 5.74) is 2.29. The van der Waals surface area contributed by atoms with Crippen molar-refractivity contribution in [1.82, 2.24) is 10.1 Å². The van der Waals surface area contributed by atoms with Crippen LogP contribution in [0.3, 0.4) is 0 Å². The number of anilines is 2. The zero-order valence-electron chi connectivity index (χ0n) is 10.5. The SMILES string of the molecule is Cc1noc(NC(=O)CC2CNc3ccccc32)n1. The highest BCUT2D eigenvalue weighted by molar-refractivity contribution is 5.89. The monoisotopic (exact) mass is 258 g/mol. The number of nitrogens with one attached hydrogen (secondary N) is 2. The third kappa shape index (κ3) is 2.42. The summed E-state index contributed by atoms with van der Waals surface area (Å²) >= 11 is 0. The highest BCUT2D eigenvalue weighted by atomic mass is 16.5. The number of amides is 1. The molecule has 1 atom stereocenters. The summed E-state index contributed by atoms with van der Waals surface area (Å²) in [4.78, 5) is 15.9. The van der Waals surface area contributed by atoms with Crippen molar-refractivity contribution in [3.63, 3.8) is 0 Å². The molecule has 0 radical (unpaired) electrons. The number of nitrogens with zero attached hydrogens (tertiary/aromatic N) is 2. The Hall–Kier alpha value is -2.37. The molecule has 2 aromatic rings. The van der Waals surface area contributed by atoms with Crippen LogP contribution >= 0.6 is 0 Å². The van der Waals surface area contributed by atoms with Gasteiger partial charge >= 0.3 is 6.01 Å². The Bertz CT molecular complexity index is 608. The summed E-state index contributed by atoms with van der Waals surface area (Å²) in [5, 5.41) is 9.53. The number of aryl methyl sites for hydroxylation is 1. The predicted octanol–water partition coefficient (Wildman–Crippen LogP) is 1.92. The van der Waals surface area contributed by atoms with Crippen molar-refractivity contribution >= 4 is 17.6 Å². The standard InChI is InChI=1S/C13H14N4O2/c1-8-15-13(19-17-8)16-12(18)6-9-7-14-11-5-3-2-4-10(9)11/h2-5,9,14H,6-7H2,1H3,(H,15,16,17,18). The average Bonchev–Trinajstić information content (AvgIpc) is 2.97. The third-order valence-corrected chi connectivity index (χ3v) is 3.15. The molecule has 1 aromatic carbocycles. The topological polar surface area (TPSA) is 80.0 Å². The number of hydrogen-bond acceptors (Lipinski definition) is 5. The minimum Gasteiger partial charge on any atom is -0.384 e. The van der Waals surface area contributed by atoms with E-state index in [1.807, 2.05) is 24.3 Å². The lowest BCUT2D eigenvalue weighted by Gasteiger charge is -2.08. The van der Waals surface area contributed by atoms with Crippen LogP contribution in [0.5, 0.6) is 0 Å². The van der Waals surface area contributed by atoms with Gasteiger partial charge in [-0.1, -0.05) is 23.4 Å². The number of para-hydroxylation sites is 1. The molecule has 1 aromatic heterocycles. The number of carbonyl (C=O) groups excluding carboxylic acids is 1. The molecular weight excluding hydrogens is 244 g/mol. The van der Waals surface area contributed by atoms with Crippen molar-refractivity contribution in [1.29, 1.82) is 0 Å². The van der Waals surface area contributed by atoms with E-state index in [0.29, 0.717) is 12.2 Å². The first-order chi connectivity index (χ1) is 9.22. The van der Waals surface area contributed by atoms with Crippen molar-refractivity contribution in [3.8, 4) is 0 Å². The van der Waals surface area contributed by atoms with Gasteiger partial charge < -0.3 is 9.84 Å². The second-order valence-corrected chi connectivity index (χ2v) is 4.56. The smallest absolute Gasteiger partial charge is 0.328 e. The molecule has 1 aliphatic rings. The third-order valence-electron chi connectivity index (χ3n) is 3.15. The van der Waals surface area contributed by atoms with Gasteiger partial charge in [-0.25, -0.2) is 0 Å². The van der Waals surface area contributed by atoms with Gasteiger partial charge in [0.15, 0.2) is 5.82 Å². The van der Waals surface area contributed by atoms with Crippen LogP contribution in [-0.2, 0) is 4.79 Å². The first kappa shape index (κ1) is 11.7. The molecule has 19 heavy (non-hydrogen) atoms. The molecule has 1 unspecified atom stereocenters. The predicted molar refractivity (Wildman–Crippen MR) is 70.0 cm³/mol. The van der Waals surface area contributed by atoms with Crippen molar-refractivity contribution < 1.29 is 9.32 Å². The molecule has 3 rings (SSSR count). The zero-order valence-corrected chi connectivity index (χ0v) is 10.5. The maximum absolute atomic E-state index is 11.9. The molecule has 1 amide bonds. The van der Waals surface area contributed by atoms with Gasteiger partial charge in [-0.2, -0.15) is 4.98 Å². The van der Waals surface area contributed by atoms with Gasteiger partial charge in [0.05, 0.1) is 0 Å². The fourth-order valence-electron chi connectivity index (χ4n) is 2.28. The average molecular weight is 258 g/mol. The van der Waals surface area contributed by atoms with E-state index in [0.717, 1.165) is 12.2 Å². The van der Waals surface area contributed by atoms with E-state index in [1.165, 1.54) is 5.56 Å². The van der Waals surface area contributed by atoms with Crippen LogP contribution in [0.4, 0.5) is 11.7 Å². The van der Waals surface area contributed by atoms with Gasteiger partial charge in [-0.05, 0) is 18.6 Å². The summed E-state index contributed by atoms with van der Waals surface area (Å²) in [6.07, 6.45) is 0.394. The number of fused-ring (bicyclic) bond motifs is 1. The van der Waals surface area contributed by atoms with Crippen LogP contribution in [-0.4, -0.2) is 22.6 Å².